The molecule has 1 heterocycles. The largest absolute Gasteiger partial charge is 0.360 e. The van der Waals surface area contributed by atoms with Crippen LogP contribution in [0, 0.1) is 0 Å². The molecule has 0 atom stereocenters. The maximum Gasteiger partial charge on any atom is 0.232 e. The molecule has 0 radical (unpaired) electrons. The Balaban J connectivity index is 1.58. The molecule has 0 bridgehead atoms. The van der Waals surface area contributed by atoms with E-state index in [1.54, 1.807) is 0 Å². The maximum atomic E-state index is 12.9. The molecule has 4 nitrogen and oxygen atoms in total. The van der Waals surface area contributed by atoms with Crippen LogP contribution in [0.4, 0.5) is 0 Å². The standard InChI is InChI=1S/C18H25N3OS/c1-18(2,14-6-4-3-5-7-14)16(22)20-10-12-21(13-11-20)17(23)19-15-8-9-15/h3-7,15H,8-13H2,1-2H3,(H,19,23). The van der Waals surface area contributed by atoms with E-state index in [0.29, 0.717) is 6.04 Å². The number of carbonyl (C=O) groups excluding carboxylic acids is 1. The Kier molecular flexibility index (Phi) is 4.57. The first-order valence-corrected chi connectivity index (χ1v) is 8.79. The molecule has 1 aromatic carbocycles. The molecule has 5 heteroatoms. The highest BCUT2D eigenvalue weighted by Crippen LogP contribution is 2.26. The first-order chi connectivity index (χ1) is 11.0. The van der Waals surface area contributed by atoms with Gasteiger partial charge in [-0.25, -0.2) is 0 Å². The normalized spacial score (nSPS) is 18.7. The van der Waals surface area contributed by atoms with Crippen LogP contribution in [-0.2, 0) is 10.2 Å². The Morgan fingerprint density at radius 3 is 2.22 bits per heavy atom. The summed E-state index contributed by atoms with van der Waals surface area (Å²) in [7, 11) is 0. The first-order valence-electron chi connectivity index (χ1n) is 8.39. The highest BCUT2D eigenvalue weighted by molar-refractivity contribution is 7.80. The van der Waals surface area contributed by atoms with Gasteiger partial charge in [-0.15, -0.1) is 0 Å². The zero-order chi connectivity index (χ0) is 16.4. The van der Waals surface area contributed by atoms with Crippen LogP contribution in [0.2, 0.25) is 0 Å². The van der Waals surface area contributed by atoms with E-state index in [9.17, 15) is 4.79 Å². The van der Waals surface area contributed by atoms with Crippen LogP contribution in [0.3, 0.4) is 0 Å². The van der Waals surface area contributed by atoms with Gasteiger partial charge >= 0.3 is 0 Å². The predicted octanol–water partition coefficient (Wildman–Crippen LogP) is 2.15. The van der Waals surface area contributed by atoms with Gasteiger partial charge in [-0.1, -0.05) is 30.3 Å². The molecule has 1 aromatic rings. The van der Waals surface area contributed by atoms with Crippen LogP contribution in [0.25, 0.3) is 0 Å². The van der Waals surface area contributed by atoms with Crippen molar-refractivity contribution >= 4 is 23.2 Å². The van der Waals surface area contributed by atoms with Gasteiger partial charge in [0.2, 0.25) is 5.91 Å². The summed E-state index contributed by atoms with van der Waals surface area (Å²) in [5, 5.41) is 4.23. The Morgan fingerprint density at radius 1 is 1.09 bits per heavy atom. The van der Waals surface area contributed by atoms with Crippen LogP contribution in [0.1, 0.15) is 32.3 Å². The summed E-state index contributed by atoms with van der Waals surface area (Å²) < 4.78 is 0. The quantitative estimate of drug-likeness (QED) is 0.861. The summed E-state index contributed by atoms with van der Waals surface area (Å²) in [6, 6.07) is 10.6. The second kappa shape index (κ2) is 6.48. The van der Waals surface area contributed by atoms with Crippen LogP contribution in [-0.4, -0.2) is 53.0 Å². The highest BCUT2D eigenvalue weighted by Gasteiger charge is 2.35. The lowest BCUT2D eigenvalue weighted by molar-refractivity contribution is -0.137. The molecule has 1 aliphatic carbocycles. The summed E-state index contributed by atoms with van der Waals surface area (Å²) in [6.07, 6.45) is 2.45. The van der Waals surface area contributed by atoms with E-state index in [1.807, 2.05) is 49.1 Å². The fourth-order valence-corrected chi connectivity index (χ4v) is 3.33. The zero-order valence-corrected chi connectivity index (χ0v) is 14.7. The number of hydrogen-bond donors (Lipinski definition) is 1. The van der Waals surface area contributed by atoms with E-state index in [2.05, 4.69) is 10.2 Å². The number of nitrogens with zero attached hydrogens (tertiary/aromatic N) is 2. The fourth-order valence-electron chi connectivity index (χ4n) is 2.98. The minimum atomic E-state index is -0.490. The zero-order valence-electron chi connectivity index (χ0n) is 13.9. The lowest BCUT2D eigenvalue weighted by Crippen LogP contribution is -2.56. The molecule has 0 spiro atoms. The van der Waals surface area contributed by atoms with Crippen LogP contribution in [0.5, 0.6) is 0 Å². The summed E-state index contributed by atoms with van der Waals surface area (Å²) in [5.41, 5.74) is 0.578. The van der Waals surface area contributed by atoms with Crippen LogP contribution >= 0.6 is 12.2 Å². The van der Waals surface area contributed by atoms with E-state index in [-0.39, 0.29) is 5.91 Å². The highest BCUT2D eigenvalue weighted by atomic mass is 32.1. The third-order valence-corrected chi connectivity index (χ3v) is 5.17. The molecule has 2 aliphatic rings. The molecule has 1 saturated carbocycles. The van der Waals surface area contributed by atoms with Gasteiger partial charge in [0.05, 0.1) is 5.41 Å². The van der Waals surface area contributed by atoms with E-state index in [4.69, 9.17) is 12.2 Å². The van der Waals surface area contributed by atoms with Crippen molar-refractivity contribution in [3.63, 3.8) is 0 Å². The predicted molar refractivity (Wildman–Crippen MR) is 96.4 cm³/mol. The molecule has 2 fully saturated rings. The van der Waals surface area contributed by atoms with Gasteiger partial charge in [-0.3, -0.25) is 4.79 Å². The van der Waals surface area contributed by atoms with Crippen molar-refractivity contribution in [2.45, 2.75) is 38.1 Å². The van der Waals surface area contributed by atoms with E-state index < -0.39 is 5.41 Å². The molecule has 124 valence electrons. The summed E-state index contributed by atoms with van der Waals surface area (Å²) in [4.78, 5) is 17.1. The number of piperazine rings is 1. The second-order valence-corrected chi connectivity index (χ2v) is 7.38. The SMILES string of the molecule is CC(C)(C(=O)N1CCN(C(=S)NC2CC2)CC1)c1ccccc1. The van der Waals surface area contributed by atoms with Gasteiger partial charge in [0.15, 0.2) is 5.11 Å². The topological polar surface area (TPSA) is 35.6 Å². The van der Waals surface area contributed by atoms with Crippen molar-refractivity contribution in [3.05, 3.63) is 35.9 Å². The number of thiocarbonyl (C=S) groups is 1. The van der Waals surface area contributed by atoms with Gasteiger partial charge in [0.1, 0.15) is 0 Å². The molecule has 3 rings (SSSR count). The van der Waals surface area contributed by atoms with E-state index in [1.165, 1.54) is 12.8 Å². The number of benzene rings is 1. The van der Waals surface area contributed by atoms with Crippen molar-refractivity contribution < 1.29 is 4.79 Å². The third-order valence-electron chi connectivity index (χ3n) is 4.79. The van der Waals surface area contributed by atoms with Crippen molar-refractivity contribution in [2.24, 2.45) is 0 Å². The smallest absolute Gasteiger partial charge is 0.232 e. The van der Waals surface area contributed by atoms with Gasteiger partial charge in [0.25, 0.3) is 0 Å². The van der Waals surface area contributed by atoms with Crippen molar-refractivity contribution in [3.8, 4) is 0 Å². The summed E-state index contributed by atoms with van der Waals surface area (Å²) >= 11 is 5.46. The number of amides is 1. The molecule has 23 heavy (non-hydrogen) atoms. The maximum absolute atomic E-state index is 12.9. The molecule has 1 amide bonds. The van der Waals surface area contributed by atoms with Gasteiger partial charge in [-0.05, 0) is 44.5 Å². The number of carbonyl (C=O) groups is 1. The monoisotopic (exact) mass is 331 g/mol. The van der Waals surface area contributed by atoms with Gasteiger partial charge in [0, 0.05) is 32.2 Å². The lowest BCUT2D eigenvalue weighted by atomic mass is 9.83. The van der Waals surface area contributed by atoms with E-state index in [0.717, 1.165) is 36.9 Å². The molecule has 0 unspecified atom stereocenters. The molecule has 0 aromatic heterocycles. The average Bonchev–Trinajstić information content (AvgIpc) is 3.39. The van der Waals surface area contributed by atoms with Crippen molar-refractivity contribution in [1.29, 1.82) is 0 Å². The summed E-state index contributed by atoms with van der Waals surface area (Å²) in [5.74, 6) is 0.199. The van der Waals surface area contributed by atoms with Crippen LogP contribution in [0.15, 0.2) is 30.3 Å². The fraction of sp³-hybridized carbons (Fsp3) is 0.556. The van der Waals surface area contributed by atoms with Crippen LogP contribution < -0.4 is 5.32 Å². The number of nitrogens with one attached hydrogen (secondary N) is 1. The molecule has 1 aliphatic heterocycles. The summed E-state index contributed by atoms with van der Waals surface area (Å²) in [6.45, 7) is 7.13. The third kappa shape index (κ3) is 3.66. The second-order valence-electron chi connectivity index (χ2n) is 6.99. The average molecular weight is 331 g/mol. The molecule has 1 saturated heterocycles. The Labute approximate surface area is 143 Å². The van der Waals surface area contributed by atoms with Gasteiger partial charge < -0.3 is 15.1 Å². The molecule has 1 N–H and O–H groups in total. The van der Waals surface area contributed by atoms with Crippen molar-refractivity contribution in [1.82, 2.24) is 15.1 Å². The minimum absolute atomic E-state index is 0.199. The number of hydrogen-bond acceptors (Lipinski definition) is 2. The Bertz CT molecular complexity index is 575. The molecular weight excluding hydrogens is 306 g/mol. The van der Waals surface area contributed by atoms with Crippen molar-refractivity contribution in [2.75, 3.05) is 26.2 Å². The Morgan fingerprint density at radius 2 is 1.65 bits per heavy atom. The first kappa shape index (κ1) is 16.2. The number of rotatable bonds is 3. The van der Waals surface area contributed by atoms with E-state index >= 15 is 0 Å². The molecular formula is C18H25N3OS. The lowest BCUT2D eigenvalue weighted by Gasteiger charge is -2.39. The van der Waals surface area contributed by atoms with Gasteiger partial charge in [-0.2, -0.15) is 0 Å². The minimum Gasteiger partial charge on any atom is -0.360 e. The Hall–Kier alpha value is -1.62.